The average Bonchev–Trinajstić information content (AvgIpc) is 2.39. The number of hydrogen-bond acceptors (Lipinski definition) is 3. The zero-order chi connectivity index (χ0) is 12.5. The smallest absolute Gasteiger partial charge is 0.193 e. The van der Waals surface area contributed by atoms with Gasteiger partial charge in [0.2, 0.25) is 0 Å². The zero-order valence-corrected chi connectivity index (χ0v) is 9.42. The van der Waals surface area contributed by atoms with E-state index in [-0.39, 0.29) is 11.2 Å². The molecule has 0 aliphatic rings. The second-order valence-corrected chi connectivity index (χ2v) is 4.00. The molecule has 88 valence electrons. The van der Waals surface area contributed by atoms with Crippen molar-refractivity contribution in [1.82, 2.24) is 0 Å². The van der Waals surface area contributed by atoms with Gasteiger partial charge in [0.05, 0.1) is 5.39 Å². The number of rotatable bonds is 1. The highest BCUT2D eigenvalue weighted by molar-refractivity contribution is 5.79. The lowest BCUT2D eigenvalue weighted by atomic mass is 10.1. The fourth-order valence-electron chi connectivity index (χ4n) is 1.88. The Balaban J connectivity index is 2.30. The summed E-state index contributed by atoms with van der Waals surface area (Å²) < 4.78 is 5.61. The van der Waals surface area contributed by atoms with Crippen LogP contribution in [0.4, 0.5) is 0 Å². The Morgan fingerprint density at radius 1 is 0.944 bits per heavy atom. The number of fused-ring (bicyclic) bond motifs is 1. The molecular formula is C15H9O3-. The molecule has 1 heterocycles. The molecule has 3 nitrogen and oxygen atoms in total. The molecule has 3 rings (SSSR count). The molecule has 0 bridgehead atoms. The van der Waals surface area contributed by atoms with Gasteiger partial charge in [0, 0.05) is 11.6 Å². The minimum atomic E-state index is -0.170. The van der Waals surface area contributed by atoms with Crippen LogP contribution in [0.5, 0.6) is 5.75 Å². The van der Waals surface area contributed by atoms with Crippen molar-refractivity contribution in [2.45, 2.75) is 0 Å². The number of hydrogen-bond donors (Lipinski definition) is 0. The van der Waals surface area contributed by atoms with Gasteiger partial charge in [-0.1, -0.05) is 36.4 Å². The molecule has 0 amide bonds. The van der Waals surface area contributed by atoms with Gasteiger partial charge in [-0.2, -0.15) is 0 Å². The van der Waals surface area contributed by atoms with Crippen molar-refractivity contribution in [2.24, 2.45) is 0 Å². The SMILES string of the molecule is O=c1cc(-c2ccccc2)oc2cc([O-])ccc12. The van der Waals surface area contributed by atoms with Gasteiger partial charge in [0.15, 0.2) is 5.43 Å². The largest absolute Gasteiger partial charge is 0.872 e. The molecule has 3 aromatic rings. The Hall–Kier alpha value is -2.55. The van der Waals surface area contributed by atoms with Crippen LogP contribution in [-0.4, -0.2) is 0 Å². The summed E-state index contributed by atoms with van der Waals surface area (Å²) in [6, 6.07) is 15.0. The topological polar surface area (TPSA) is 53.3 Å². The third kappa shape index (κ3) is 1.76. The molecule has 0 aliphatic carbocycles. The Morgan fingerprint density at radius 3 is 2.50 bits per heavy atom. The summed E-state index contributed by atoms with van der Waals surface area (Å²) in [5.74, 6) is 0.301. The van der Waals surface area contributed by atoms with E-state index < -0.39 is 0 Å². The minimum absolute atomic E-state index is 0.143. The predicted octanol–water partition coefficient (Wildman–Crippen LogP) is 2.53. The van der Waals surface area contributed by atoms with Gasteiger partial charge in [0.1, 0.15) is 11.3 Å². The predicted molar refractivity (Wildman–Crippen MR) is 67.4 cm³/mol. The normalized spacial score (nSPS) is 10.7. The lowest BCUT2D eigenvalue weighted by Crippen LogP contribution is -2.01. The zero-order valence-electron chi connectivity index (χ0n) is 9.42. The van der Waals surface area contributed by atoms with E-state index in [4.69, 9.17) is 4.42 Å². The van der Waals surface area contributed by atoms with E-state index in [9.17, 15) is 9.90 Å². The molecule has 18 heavy (non-hydrogen) atoms. The monoisotopic (exact) mass is 237 g/mol. The van der Waals surface area contributed by atoms with E-state index in [1.165, 1.54) is 24.3 Å². The molecule has 2 aromatic carbocycles. The van der Waals surface area contributed by atoms with E-state index in [0.29, 0.717) is 16.7 Å². The first-order valence-electron chi connectivity index (χ1n) is 5.54. The van der Waals surface area contributed by atoms with E-state index in [0.717, 1.165) is 5.56 Å². The Labute approximate surface area is 103 Å². The first kappa shape index (κ1) is 10.6. The van der Waals surface area contributed by atoms with E-state index in [2.05, 4.69) is 0 Å². The minimum Gasteiger partial charge on any atom is -0.872 e. The van der Waals surface area contributed by atoms with Crippen LogP contribution in [0.25, 0.3) is 22.3 Å². The highest BCUT2D eigenvalue weighted by Crippen LogP contribution is 2.23. The second kappa shape index (κ2) is 4.04. The molecule has 0 aliphatic heterocycles. The summed E-state index contributed by atoms with van der Waals surface area (Å²) in [7, 11) is 0. The van der Waals surface area contributed by atoms with Gasteiger partial charge < -0.3 is 9.52 Å². The van der Waals surface area contributed by atoms with Gasteiger partial charge in [-0.05, 0) is 12.1 Å². The summed E-state index contributed by atoms with van der Waals surface area (Å²) in [6.45, 7) is 0. The van der Waals surface area contributed by atoms with Gasteiger partial charge in [-0.25, -0.2) is 0 Å². The average molecular weight is 237 g/mol. The standard InChI is InChI=1S/C15H10O3/c16-11-6-7-12-13(17)9-14(18-15(12)8-11)10-4-2-1-3-5-10/h1-9,16H/p-1. The molecular weight excluding hydrogens is 228 g/mol. The molecule has 0 saturated carbocycles. The van der Waals surface area contributed by atoms with Crippen LogP contribution in [0.2, 0.25) is 0 Å². The van der Waals surface area contributed by atoms with Crippen molar-refractivity contribution in [3.05, 3.63) is 64.8 Å². The molecule has 0 N–H and O–H groups in total. The summed E-state index contributed by atoms with van der Waals surface area (Å²) in [5.41, 5.74) is 0.997. The van der Waals surface area contributed by atoms with Crippen molar-refractivity contribution < 1.29 is 9.52 Å². The van der Waals surface area contributed by atoms with Gasteiger partial charge >= 0.3 is 0 Å². The summed E-state index contributed by atoms with van der Waals surface area (Å²) >= 11 is 0. The fraction of sp³-hybridized carbons (Fsp3) is 0. The van der Waals surface area contributed by atoms with Crippen molar-refractivity contribution in [3.63, 3.8) is 0 Å². The number of benzene rings is 2. The van der Waals surface area contributed by atoms with Crippen LogP contribution in [0.3, 0.4) is 0 Å². The van der Waals surface area contributed by atoms with Gasteiger partial charge in [0.25, 0.3) is 0 Å². The van der Waals surface area contributed by atoms with Crippen LogP contribution in [0, 0.1) is 0 Å². The van der Waals surface area contributed by atoms with Crippen LogP contribution in [-0.2, 0) is 0 Å². The Bertz CT molecular complexity index is 758. The maximum Gasteiger partial charge on any atom is 0.193 e. The summed E-state index contributed by atoms with van der Waals surface area (Å²) in [5, 5.41) is 11.7. The van der Waals surface area contributed by atoms with Crippen molar-refractivity contribution in [2.75, 3.05) is 0 Å². The molecule has 3 heteroatoms. The quantitative estimate of drug-likeness (QED) is 0.653. The Kier molecular flexibility index (Phi) is 2.38. The van der Waals surface area contributed by atoms with Gasteiger partial charge in [-0.3, -0.25) is 4.79 Å². The molecule has 0 saturated heterocycles. The summed E-state index contributed by atoms with van der Waals surface area (Å²) in [4.78, 5) is 11.9. The van der Waals surface area contributed by atoms with Gasteiger partial charge in [-0.15, -0.1) is 5.75 Å². The van der Waals surface area contributed by atoms with E-state index in [1.807, 2.05) is 30.3 Å². The molecule has 0 fully saturated rings. The highest BCUT2D eigenvalue weighted by atomic mass is 16.3. The second-order valence-electron chi connectivity index (χ2n) is 4.00. The lowest BCUT2D eigenvalue weighted by Gasteiger charge is -2.07. The third-order valence-electron chi connectivity index (χ3n) is 2.76. The van der Waals surface area contributed by atoms with Crippen molar-refractivity contribution >= 4 is 11.0 Å². The first-order valence-corrected chi connectivity index (χ1v) is 5.54. The molecule has 0 spiro atoms. The highest BCUT2D eigenvalue weighted by Gasteiger charge is 2.05. The van der Waals surface area contributed by atoms with Crippen LogP contribution in [0.15, 0.2) is 63.8 Å². The van der Waals surface area contributed by atoms with Crippen molar-refractivity contribution in [3.8, 4) is 17.1 Å². The molecule has 0 unspecified atom stereocenters. The Morgan fingerprint density at radius 2 is 1.72 bits per heavy atom. The molecule has 1 aromatic heterocycles. The molecule has 0 radical (unpaired) electrons. The van der Waals surface area contributed by atoms with E-state index >= 15 is 0 Å². The van der Waals surface area contributed by atoms with Crippen LogP contribution < -0.4 is 10.5 Å². The van der Waals surface area contributed by atoms with Crippen molar-refractivity contribution in [1.29, 1.82) is 0 Å². The van der Waals surface area contributed by atoms with E-state index in [1.54, 1.807) is 0 Å². The van der Waals surface area contributed by atoms with Crippen LogP contribution in [0.1, 0.15) is 0 Å². The summed E-state index contributed by atoms with van der Waals surface area (Å²) in [6.07, 6.45) is 0. The third-order valence-corrected chi connectivity index (χ3v) is 2.76. The first-order chi connectivity index (χ1) is 8.74. The molecule has 0 atom stereocenters. The van der Waals surface area contributed by atoms with Crippen LogP contribution >= 0.6 is 0 Å². The maximum absolute atomic E-state index is 11.9. The maximum atomic E-state index is 11.9. The lowest BCUT2D eigenvalue weighted by molar-refractivity contribution is -0.268. The fourth-order valence-corrected chi connectivity index (χ4v) is 1.88.